The Labute approximate surface area is 114 Å². The van der Waals surface area contributed by atoms with Gasteiger partial charge in [-0.15, -0.1) is 11.3 Å². The molecule has 1 atom stereocenters. The summed E-state index contributed by atoms with van der Waals surface area (Å²) in [5.74, 6) is -0.0936. The number of para-hydroxylation sites is 1. The third-order valence-electron chi connectivity index (χ3n) is 3.13. The van der Waals surface area contributed by atoms with E-state index in [2.05, 4.69) is 10.3 Å². The number of carbonyl (C=O) groups excluding carboxylic acids is 1. The number of amides is 1. The molecule has 100 valence electrons. The smallest absolute Gasteiger partial charge is 0.283 e. The second-order valence-electron chi connectivity index (χ2n) is 4.60. The fourth-order valence-corrected chi connectivity index (χ4v) is 3.11. The summed E-state index contributed by atoms with van der Waals surface area (Å²) in [6.45, 7) is 2.20. The topological polar surface area (TPSA) is 65.5 Å². The van der Waals surface area contributed by atoms with Gasteiger partial charge in [-0.05, 0) is 12.1 Å². The number of aromatic nitrogens is 1. The fraction of sp³-hybridized carbons (Fsp3) is 0.385. The Morgan fingerprint density at radius 2 is 2.32 bits per heavy atom. The molecule has 1 aromatic carbocycles. The van der Waals surface area contributed by atoms with Gasteiger partial charge in [-0.25, -0.2) is 4.98 Å². The van der Waals surface area contributed by atoms with Gasteiger partial charge >= 0.3 is 0 Å². The molecule has 1 aromatic heterocycles. The minimum Gasteiger partial charge on any atom is -0.390 e. The molecule has 2 N–H and O–H groups in total. The summed E-state index contributed by atoms with van der Waals surface area (Å²) in [7, 11) is 0. The largest absolute Gasteiger partial charge is 0.390 e. The van der Waals surface area contributed by atoms with E-state index in [4.69, 9.17) is 0 Å². The highest BCUT2D eigenvalue weighted by atomic mass is 32.1. The monoisotopic (exact) mass is 277 g/mol. The van der Waals surface area contributed by atoms with Crippen molar-refractivity contribution >= 4 is 27.5 Å². The molecule has 0 aliphatic carbocycles. The molecule has 0 bridgehead atoms. The van der Waals surface area contributed by atoms with Crippen molar-refractivity contribution < 1.29 is 9.90 Å². The molecule has 3 rings (SSSR count). The first-order valence-electron chi connectivity index (χ1n) is 6.27. The number of hydrogen-bond donors (Lipinski definition) is 2. The van der Waals surface area contributed by atoms with Crippen LogP contribution in [0.1, 0.15) is 9.80 Å². The summed E-state index contributed by atoms with van der Waals surface area (Å²) < 4.78 is 1.01. The molecule has 0 spiro atoms. The molecular weight excluding hydrogens is 262 g/mol. The summed E-state index contributed by atoms with van der Waals surface area (Å²) in [5.41, 5.74) is 0.851. The lowest BCUT2D eigenvalue weighted by Gasteiger charge is -2.20. The van der Waals surface area contributed by atoms with Gasteiger partial charge in [-0.1, -0.05) is 12.1 Å². The van der Waals surface area contributed by atoms with Crippen molar-refractivity contribution in [1.82, 2.24) is 15.2 Å². The van der Waals surface area contributed by atoms with Gasteiger partial charge in [0.2, 0.25) is 0 Å². The van der Waals surface area contributed by atoms with Crippen molar-refractivity contribution in [3.63, 3.8) is 0 Å². The summed E-state index contributed by atoms with van der Waals surface area (Å²) in [6.07, 6.45) is -0.513. The van der Waals surface area contributed by atoms with Crippen molar-refractivity contribution in [2.45, 2.75) is 6.10 Å². The molecule has 1 unspecified atom stereocenters. The Hall–Kier alpha value is -1.50. The van der Waals surface area contributed by atoms with Crippen molar-refractivity contribution in [1.29, 1.82) is 0 Å². The maximum absolute atomic E-state index is 12.4. The number of nitrogens with one attached hydrogen (secondary N) is 1. The highest BCUT2D eigenvalue weighted by Crippen LogP contribution is 2.22. The van der Waals surface area contributed by atoms with Gasteiger partial charge in [0.25, 0.3) is 5.91 Å². The van der Waals surface area contributed by atoms with Crippen LogP contribution in [0.5, 0.6) is 0 Å². The highest BCUT2D eigenvalue weighted by Gasteiger charge is 2.23. The summed E-state index contributed by atoms with van der Waals surface area (Å²) in [4.78, 5) is 18.4. The first-order valence-corrected chi connectivity index (χ1v) is 7.09. The normalized spacial score (nSPS) is 20.5. The lowest BCUT2D eigenvalue weighted by atomic mass is 10.3. The van der Waals surface area contributed by atoms with E-state index in [0.29, 0.717) is 31.2 Å². The maximum atomic E-state index is 12.4. The molecule has 0 saturated carbocycles. The van der Waals surface area contributed by atoms with Crippen molar-refractivity contribution in [3.05, 3.63) is 29.3 Å². The fourth-order valence-electron chi connectivity index (χ4n) is 2.18. The van der Waals surface area contributed by atoms with Gasteiger partial charge in [0.05, 0.1) is 16.3 Å². The molecule has 2 heterocycles. The molecule has 1 fully saturated rings. The van der Waals surface area contributed by atoms with Crippen molar-refractivity contribution in [3.8, 4) is 0 Å². The third kappa shape index (κ3) is 2.60. The number of aliphatic hydroxyl groups excluding tert-OH is 1. The van der Waals surface area contributed by atoms with E-state index in [1.807, 2.05) is 24.3 Å². The molecular formula is C13H15N3O2S. The predicted molar refractivity (Wildman–Crippen MR) is 74.4 cm³/mol. The molecule has 2 aromatic rings. The van der Waals surface area contributed by atoms with E-state index in [1.54, 1.807) is 4.90 Å². The van der Waals surface area contributed by atoms with E-state index in [-0.39, 0.29) is 5.91 Å². The van der Waals surface area contributed by atoms with Crippen LogP contribution in [-0.2, 0) is 0 Å². The number of rotatable bonds is 1. The number of hydrogen-bond acceptors (Lipinski definition) is 5. The SMILES string of the molecule is O=C(c1nc2ccccc2s1)N1CCNCC(O)C1. The van der Waals surface area contributed by atoms with Crippen LogP contribution in [0.4, 0.5) is 0 Å². The molecule has 1 aliphatic heterocycles. The molecule has 1 aliphatic rings. The second-order valence-corrected chi connectivity index (χ2v) is 5.63. The average molecular weight is 277 g/mol. The van der Waals surface area contributed by atoms with Gasteiger partial charge in [-0.2, -0.15) is 0 Å². The lowest BCUT2D eigenvalue weighted by molar-refractivity contribution is 0.0673. The summed E-state index contributed by atoms with van der Waals surface area (Å²) in [5, 5.41) is 13.3. The van der Waals surface area contributed by atoms with Gasteiger partial charge in [-0.3, -0.25) is 4.79 Å². The van der Waals surface area contributed by atoms with Gasteiger partial charge in [0, 0.05) is 26.2 Å². The number of benzene rings is 1. The van der Waals surface area contributed by atoms with Gasteiger partial charge in [0.15, 0.2) is 5.01 Å². The van der Waals surface area contributed by atoms with Crippen LogP contribution >= 0.6 is 11.3 Å². The minimum absolute atomic E-state index is 0.0936. The second kappa shape index (κ2) is 5.24. The predicted octanol–water partition coefficient (Wildman–Crippen LogP) is 0.703. The van der Waals surface area contributed by atoms with E-state index >= 15 is 0 Å². The molecule has 0 radical (unpaired) electrons. The third-order valence-corrected chi connectivity index (χ3v) is 4.16. The summed E-state index contributed by atoms with van der Waals surface area (Å²) >= 11 is 1.40. The van der Waals surface area contributed by atoms with E-state index < -0.39 is 6.10 Å². The summed E-state index contributed by atoms with van der Waals surface area (Å²) in [6, 6.07) is 7.72. The van der Waals surface area contributed by atoms with Crippen LogP contribution < -0.4 is 5.32 Å². The number of aliphatic hydroxyl groups is 1. The molecule has 1 saturated heterocycles. The van der Waals surface area contributed by atoms with Crippen LogP contribution in [0.15, 0.2) is 24.3 Å². The van der Waals surface area contributed by atoms with Crippen LogP contribution in [0.25, 0.3) is 10.2 Å². The Bertz CT molecular complexity index is 565. The first-order chi connectivity index (χ1) is 9.24. The number of carbonyl (C=O) groups is 1. The Kier molecular flexibility index (Phi) is 3.46. The molecule has 5 nitrogen and oxygen atoms in total. The zero-order chi connectivity index (χ0) is 13.2. The zero-order valence-corrected chi connectivity index (χ0v) is 11.2. The number of thiazole rings is 1. The molecule has 19 heavy (non-hydrogen) atoms. The standard InChI is InChI=1S/C13H15N3O2S/c17-9-7-14-5-6-16(8-9)13(18)12-15-10-3-1-2-4-11(10)19-12/h1-4,9,14,17H,5-8H2. The molecule has 6 heteroatoms. The Morgan fingerprint density at radius 3 is 3.16 bits per heavy atom. The van der Waals surface area contributed by atoms with Gasteiger partial charge < -0.3 is 15.3 Å². The quantitative estimate of drug-likeness (QED) is 0.805. The maximum Gasteiger partial charge on any atom is 0.283 e. The average Bonchev–Trinajstić information content (AvgIpc) is 2.73. The number of nitrogens with zero attached hydrogens (tertiary/aromatic N) is 2. The van der Waals surface area contributed by atoms with Crippen molar-refractivity contribution in [2.24, 2.45) is 0 Å². The van der Waals surface area contributed by atoms with Crippen LogP contribution in [0.3, 0.4) is 0 Å². The van der Waals surface area contributed by atoms with Crippen LogP contribution in [0, 0.1) is 0 Å². The van der Waals surface area contributed by atoms with Crippen molar-refractivity contribution in [2.75, 3.05) is 26.2 Å². The Morgan fingerprint density at radius 1 is 1.47 bits per heavy atom. The zero-order valence-electron chi connectivity index (χ0n) is 10.4. The number of β-amino-alcohol motifs (C(OH)–C–C–N with tert-alkyl or cyclic N) is 1. The molecule has 1 amide bonds. The lowest BCUT2D eigenvalue weighted by Crippen LogP contribution is -2.37. The van der Waals surface area contributed by atoms with Gasteiger partial charge in [0.1, 0.15) is 0 Å². The minimum atomic E-state index is -0.513. The first kappa shape index (κ1) is 12.5. The highest BCUT2D eigenvalue weighted by molar-refractivity contribution is 7.20. The van der Waals surface area contributed by atoms with Crippen LogP contribution in [0.2, 0.25) is 0 Å². The van der Waals surface area contributed by atoms with Crippen LogP contribution in [-0.4, -0.2) is 53.2 Å². The van der Waals surface area contributed by atoms with E-state index in [1.165, 1.54) is 11.3 Å². The number of fused-ring (bicyclic) bond motifs is 1. The Balaban J connectivity index is 1.85. The van der Waals surface area contributed by atoms with E-state index in [9.17, 15) is 9.90 Å². The van der Waals surface area contributed by atoms with E-state index in [0.717, 1.165) is 10.2 Å².